The van der Waals surface area contributed by atoms with Crippen molar-refractivity contribution < 1.29 is 14.3 Å². The van der Waals surface area contributed by atoms with Crippen LogP contribution in [-0.2, 0) is 9.59 Å². The smallest absolute Gasteiger partial charge is 0.247 e. The number of hydrogen-bond acceptors (Lipinski definition) is 3. The summed E-state index contributed by atoms with van der Waals surface area (Å²) in [7, 11) is 1.59. The molecule has 1 aromatic rings. The number of amides is 2. The summed E-state index contributed by atoms with van der Waals surface area (Å²) in [5.74, 6) is 2.66. The van der Waals surface area contributed by atoms with Crippen molar-refractivity contribution >= 4 is 17.5 Å². The van der Waals surface area contributed by atoms with Crippen molar-refractivity contribution in [2.45, 2.75) is 65.3 Å². The van der Waals surface area contributed by atoms with E-state index in [1.165, 1.54) is 19.3 Å². The Morgan fingerprint density at radius 1 is 1.07 bits per heavy atom. The van der Waals surface area contributed by atoms with E-state index in [2.05, 4.69) is 10.6 Å². The van der Waals surface area contributed by atoms with E-state index in [0.29, 0.717) is 29.2 Å². The van der Waals surface area contributed by atoms with Crippen LogP contribution in [0.1, 0.15) is 57.9 Å². The van der Waals surface area contributed by atoms with E-state index in [-0.39, 0.29) is 23.1 Å². The highest BCUT2D eigenvalue weighted by Gasteiger charge is 2.55. The Hall–Kier alpha value is -2.04. The number of aryl methyl sites for hydroxylation is 1. The Morgan fingerprint density at radius 3 is 2.17 bits per heavy atom. The van der Waals surface area contributed by atoms with Crippen LogP contribution in [0.4, 0.5) is 5.69 Å². The minimum Gasteiger partial charge on any atom is -0.495 e. The largest absolute Gasteiger partial charge is 0.495 e. The van der Waals surface area contributed by atoms with Gasteiger partial charge in [-0.3, -0.25) is 9.59 Å². The van der Waals surface area contributed by atoms with Gasteiger partial charge in [0.1, 0.15) is 11.8 Å². The normalized spacial score (nSPS) is 30.9. The summed E-state index contributed by atoms with van der Waals surface area (Å²) >= 11 is 0. The standard InChI is InChI=1S/C24H34N2O3/c1-14(2)21(22(27)25-19-7-15(3)5-6-20(19)29-4)26-23(28)24-11-16-8-17(12-24)10-18(9-16)13-24/h5-7,14,16-18,21H,8-13H2,1-4H3,(H,25,27)(H,26,28)/t16?,17?,18?,21-,24?/m0/s1. The summed E-state index contributed by atoms with van der Waals surface area (Å²) in [6.07, 6.45) is 6.91. The van der Waals surface area contributed by atoms with Crippen molar-refractivity contribution in [1.82, 2.24) is 5.32 Å². The Morgan fingerprint density at radius 2 is 1.66 bits per heavy atom. The SMILES string of the molecule is COc1ccc(C)cc1NC(=O)[C@@H](NC(=O)C12CC3CC(CC(C3)C1)C2)C(C)C. The topological polar surface area (TPSA) is 67.4 Å². The zero-order chi connectivity index (χ0) is 20.8. The highest BCUT2D eigenvalue weighted by Crippen LogP contribution is 2.60. The fourth-order valence-corrected chi connectivity index (χ4v) is 6.35. The first-order valence-corrected chi connectivity index (χ1v) is 11.1. The number of anilines is 1. The molecule has 5 rings (SSSR count). The predicted octanol–water partition coefficient (Wildman–Crippen LogP) is 4.30. The predicted molar refractivity (Wildman–Crippen MR) is 114 cm³/mol. The van der Waals surface area contributed by atoms with Gasteiger partial charge in [0.25, 0.3) is 0 Å². The van der Waals surface area contributed by atoms with Gasteiger partial charge in [-0.2, -0.15) is 0 Å². The second-order valence-electron chi connectivity index (χ2n) is 10.1. The van der Waals surface area contributed by atoms with E-state index in [0.717, 1.165) is 24.8 Å². The van der Waals surface area contributed by atoms with Crippen molar-refractivity contribution in [2.24, 2.45) is 29.1 Å². The molecule has 4 saturated carbocycles. The number of ether oxygens (including phenoxy) is 1. The molecule has 2 amide bonds. The van der Waals surface area contributed by atoms with Gasteiger partial charge >= 0.3 is 0 Å². The maximum Gasteiger partial charge on any atom is 0.247 e. The molecule has 29 heavy (non-hydrogen) atoms. The number of benzene rings is 1. The number of methoxy groups -OCH3 is 1. The monoisotopic (exact) mass is 398 g/mol. The van der Waals surface area contributed by atoms with Gasteiger partial charge in [-0.25, -0.2) is 0 Å². The maximum atomic E-state index is 13.4. The Bertz CT molecular complexity index is 766. The van der Waals surface area contributed by atoms with Crippen LogP contribution < -0.4 is 15.4 Å². The van der Waals surface area contributed by atoms with Crippen molar-refractivity contribution in [3.63, 3.8) is 0 Å². The zero-order valence-electron chi connectivity index (χ0n) is 18.1. The van der Waals surface area contributed by atoms with Gasteiger partial charge in [-0.05, 0) is 86.8 Å². The second-order valence-corrected chi connectivity index (χ2v) is 10.1. The molecular formula is C24H34N2O3. The van der Waals surface area contributed by atoms with Crippen molar-refractivity contribution in [3.05, 3.63) is 23.8 Å². The molecule has 0 aromatic heterocycles. The first-order chi connectivity index (χ1) is 13.8. The minimum atomic E-state index is -0.555. The third-order valence-corrected chi connectivity index (χ3v) is 7.37. The fraction of sp³-hybridized carbons (Fsp3) is 0.667. The number of nitrogens with one attached hydrogen (secondary N) is 2. The molecule has 158 valence electrons. The number of hydrogen-bond donors (Lipinski definition) is 2. The summed E-state index contributed by atoms with van der Waals surface area (Å²) in [6.45, 7) is 5.94. The average Bonchev–Trinajstić information content (AvgIpc) is 2.64. The highest BCUT2D eigenvalue weighted by molar-refractivity contribution is 5.99. The fourth-order valence-electron chi connectivity index (χ4n) is 6.35. The minimum absolute atomic E-state index is 0.00339. The van der Waals surface area contributed by atoms with Crippen LogP contribution in [0.2, 0.25) is 0 Å². The first kappa shape index (κ1) is 20.2. The molecule has 5 heteroatoms. The van der Waals surface area contributed by atoms with Crippen LogP contribution in [-0.4, -0.2) is 25.0 Å². The lowest BCUT2D eigenvalue weighted by atomic mass is 9.49. The zero-order valence-corrected chi connectivity index (χ0v) is 18.1. The van der Waals surface area contributed by atoms with E-state index >= 15 is 0 Å². The van der Waals surface area contributed by atoms with Crippen LogP contribution in [0.25, 0.3) is 0 Å². The van der Waals surface area contributed by atoms with Crippen LogP contribution >= 0.6 is 0 Å². The van der Waals surface area contributed by atoms with E-state index in [1.54, 1.807) is 7.11 Å². The molecule has 0 unspecified atom stereocenters. The summed E-state index contributed by atoms with van der Waals surface area (Å²) in [6, 6.07) is 5.14. The highest BCUT2D eigenvalue weighted by atomic mass is 16.5. The van der Waals surface area contributed by atoms with Crippen LogP contribution in [0, 0.1) is 36.0 Å². The lowest BCUT2D eigenvalue weighted by molar-refractivity contribution is -0.148. The average molecular weight is 399 g/mol. The quantitative estimate of drug-likeness (QED) is 0.751. The molecule has 1 aromatic carbocycles. The van der Waals surface area contributed by atoms with Crippen LogP contribution in [0.15, 0.2) is 18.2 Å². The third kappa shape index (κ3) is 3.88. The third-order valence-electron chi connectivity index (χ3n) is 7.37. The van der Waals surface area contributed by atoms with Gasteiger partial charge in [0.05, 0.1) is 12.8 Å². The molecule has 0 heterocycles. The molecule has 1 atom stereocenters. The van der Waals surface area contributed by atoms with Crippen molar-refractivity contribution in [1.29, 1.82) is 0 Å². The van der Waals surface area contributed by atoms with E-state index < -0.39 is 6.04 Å². The number of carbonyl (C=O) groups excluding carboxylic acids is 2. The molecular weight excluding hydrogens is 364 g/mol. The van der Waals surface area contributed by atoms with E-state index in [4.69, 9.17) is 4.74 Å². The Kier molecular flexibility index (Phi) is 5.34. The summed E-state index contributed by atoms with van der Waals surface area (Å²) < 4.78 is 5.39. The summed E-state index contributed by atoms with van der Waals surface area (Å²) in [5.41, 5.74) is 1.44. The molecule has 4 bridgehead atoms. The molecule has 4 aliphatic rings. The number of rotatable bonds is 6. The van der Waals surface area contributed by atoms with Crippen molar-refractivity contribution in [2.75, 3.05) is 12.4 Å². The molecule has 4 aliphatic carbocycles. The molecule has 4 fully saturated rings. The number of carbonyl (C=O) groups is 2. The van der Waals surface area contributed by atoms with Gasteiger partial charge < -0.3 is 15.4 Å². The first-order valence-electron chi connectivity index (χ1n) is 11.1. The van der Waals surface area contributed by atoms with Gasteiger partial charge in [-0.15, -0.1) is 0 Å². The molecule has 0 aliphatic heterocycles. The molecule has 0 radical (unpaired) electrons. The van der Waals surface area contributed by atoms with Crippen molar-refractivity contribution in [3.8, 4) is 5.75 Å². The maximum absolute atomic E-state index is 13.4. The van der Waals surface area contributed by atoms with E-state index in [9.17, 15) is 9.59 Å². The van der Waals surface area contributed by atoms with Crippen LogP contribution in [0.5, 0.6) is 5.75 Å². The Balaban J connectivity index is 1.49. The summed E-state index contributed by atoms with van der Waals surface area (Å²) in [5, 5.41) is 6.14. The molecule has 5 nitrogen and oxygen atoms in total. The van der Waals surface area contributed by atoms with Gasteiger partial charge in [-0.1, -0.05) is 19.9 Å². The van der Waals surface area contributed by atoms with E-state index in [1.807, 2.05) is 39.0 Å². The summed E-state index contributed by atoms with van der Waals surface area (Å²) in [4.78, 5) is 26.5. The van der Waals surface area contributed by atoms with Gasteiger partial charge in [0, 0.05) is 5.41 Å². The van der Waals surface area contributed by atoms with Crippen LogP contribution in [0.3, 0.4) is 0 Å². The molecule has 0 saturated heterocycles. The second kappa shape index (κ2) is 7.66. The molecule has 2 N–H and O–H groups in total. The lowest BCUT2D eigenvalue weighted by Crippen LogP contribution is -2.57. The van der Waals surface area contributed by atoms with Gasteiger partial charge in [0.2, 0.25) is 11.8 Å². The van der Waals surface area contributed by atoms with Gasteiger partial charge in [0.15, 0.2) is 0 Å². The lowest BCUT2D eigenvalue weighted by Gasteiger charge is -2.55. The Labute approximate surface area is 174 Å². The molecule has 0 spiro atoms.